The highest BCUT2D eigenvalue weighted by molar-refractivity contribution is 7.10. The van der Waals surface area contributed by atoms with Crippen LogP contribution in [0, 0.1) is 0 Å². The molecule has 0 aliphatic heterocycles. The van der Waals surface area contributed by atoms with Gasteiger partial charge in [-0.2, -0.15) is 0 Å². The van der Waals surface area contributed by atoms with Crippen LogP contribution in [-0.4, -0.2) is 24.4 Å². The van der Waals surface area contributed by atoms with E-state index in [-0.39, 0.29) is 5.91 Å². The average molecular weight is 406 g/mol. The molecule has 7 heteroatoms. The van der Waals surface area contributed by atoms with Gasteiger partial charge in [-0.1, -0.05) is 36.4 Å². The van der Waals surface area contributed by atoms with Gasteiger partial charge in [-0.15, -0.1) is 11.3 Å². The highest BCUT2D eigenvalue weighted by Crippen LogP contribution is 2.17. The van der Waals surface area contributed by atoms with Gasteiger partial charge in [-0.25, -0.2) is 4.79 Å². The number of ether oxygens (including phenoxy) is 1. The third-order valence-corrected chi connectivity index (χ3v) is 4.59. The third kappa shape index (κ3) is 6.15. The van der Waals surface area contributed by atoms with Crippen LogP contribution in [-0.2, 0) is 14.3 Å². The fraction of sp³-hybridized carbons (Fsp3) is 0.0455. The Labute approximate surface area is 171 Å². The number of carbonyl (C=O) groups excluding carboxylic acids is 3. The number of carbonyl (C=O) groups is 3. The Hall–Kier alpha value is -3.71. The molecule has 0 aliphatic rings. The molecule has 3 aromatic rings. The molecule has 0 atom stereocenters. The molecule has 0 saturated carbocycles. The lowest BCUT2D eigenvalue weighted by atomic mass is 10.1. The van der Waals surface area contributed by atoms with Crippen molar-refractivity contribution in [1.29, 1.82) is 0 Å². The SMILES string of the molecule is O=C(COC(=O)/C=C/c1cccs1)Nc1ccccc1C(=O)Nc1ccccc1. The Kier molecular flexibility index (Phi) is 6.91. The van der Waals surface area contributed by atoms with Crippen molar-refractivity contribution in [3.05, 3.63) is 88.6 Å². The molecule has 146 valence electrons. The largest absolute Gasteiger partial charge is 0.452 e. The van der Waals surface area contributed by atoms with Crippen LogP contribution in [0.15, 0.2) is 78.2 Å². The smallest absolute Gasteiger partial charge is 0.331 e. The maximum absolute atomic E-state index is 12.5. The number of para-hydroxylation sites is 2. The Morgan fingerprint density at radius 3 is 2.41 bits per heavy atom. The summed E-state index contributed by atoms with van der Waals surface area (Å²) < 4.78 is 4.94. The number of amides is 2. The van der Waals surface area contributed by atoms with Crippen LogP contribution in [0.2, 0.25) is 0 Å². The van der Waals surface area contributed by atoms with E-state index >= 15 is 0 Å². The Balaban J connectivity index is 1.56. The highest BCUT2D eigenvalue weighted by Gasteiger charge is 2.14. The van der Waals surface area contributed by atoms with E-state index in [0.29, 0.717) is 16.9 Å². The van der Waals surface area contributed by atoms with Gasteiger partial charge in [0.2, 0.25) is 0 Å². The van der Waals surface area contributed by atoms with Crippen LogP contribution in [0.5, 0.6) is 0 Å². The molecule has 6 nitrogen and oxygen atoms in total. The summed E-state index contributed by atoms with van der Waals surface area (Å²) in [5.41, 5.74) is 1.27. The third-order valence-electron chi connectivity index (χ3n) is 3.75. The Morgan fingerprint density at radius 1 is 0.897 bits per heavy atom. The fourth-order valence-corrected chi connectivity index (χ4v) is 3.04. The molecule has 0 fully saturated rings. The average Bonchev–Trinajstić information content (AvgIpc) is 3.25. The summed E-state index contributed by atoms with van der Waals surface area (Å²) in [6.07, 6.45) is 2.88. The summed E-state index contributed by atoms with van der Waals surface area (Å²) in [5, 5.41) is 7.26. The van der Waals surface area contributed by atoms with E-state index in [9.17, 15) is 14.4 Å². The molecule has 0 saturated heterocycles. The normalized spacial score (nSPS) is 10.5. The molecule has 2 N–H and O–H groups in total. The minimum atomic E-state index is -0.622. The summed E-state index contributed by atoms with van der Waals surface area (Å²) in [5.74, 6) is -1.52. The molecular weight excluding hydrogens is 388 g/mol. The molecule has 0 unspecified atom stereocenters. The number of benzene rings is 2. The van der Waals surface area contributed by atoms with Crippen molar-refractivity contribution in [1.82, 2.24) is 0 Å². The lowest BCUT2D eigenvalue weighted by Crippen LogP contribution is -2.22. The van der Waals surface area contributed by atoms with Crippen LogP contribution in [0.3, 0.4) is 0 Å². The number of hydrogen-bond donors (Lipinski definition) is 2. The van der Waals surface area contributed by atoms with E-state index < -0.39 is 18.5 Å². The second kappa shape index (κ2) is 10.0. The van der Waals surface area contributed by atoms with E-state index in [0.717, 1.165) is 4.88 Å². The number of hydrogen-bond acceptors (Lipinski definition) is 5. The molecule has 1 heterocycles. The maximum Gasteiger partial charge on any atom is 0.331 e. The Morgan fingerprint density at radius 2 is 1.66 bits per heavy atom. The Bertz CT molecular complexity index is 1010. The molecule has 0 radical (unpaired) electrons. The van der Waals surface area contributed by atoms with Gasteiger partial charge in [-0.3, -0.25) is 9.59 Å². The minimum absolute atomic E-state index is 0.300. The number of thiophene rings is 1. The van der Waals surface area contributed by atoms with Gasteiger partial charge in [0.05, 0.1) is 11.3 Å². The van der Waals surface area contributed by atoms with Crippen molar-refractivity contribution in [3.8, 4) is 0 Å². The number of anilines is 2. The lowest BCUT2D eigenvalue weighted by molar-refractivity contribution is -0.142. The van der Waals surface area contributed by atoms with Crippen LogP contribution in [0.1, 0.15) is 15.2 Å². The van der Waals surface area contributed by atoms with Crippen molar-refractivity contribution in [3.63, 3.8) is 0 Å². The summed E-state index contributed by atoms with van der Waals surface area (Å²) in [6, 6.07) is 19.3. The predicted octanol–water partition coefficient (Wildman–Crippen LogP) is 4.20. The molecule has 0 bridgehead atoms. The first-order valence-electron chi connectivity index (χ1n) is 8.75. The number of esters is 1. The molecule has 29 heavy (non-hydrogen) atoms. The minimum Gasteiger partial charge on any atom is -0.452 e. The van der Waals surface area contributed by atoms with Gasteiger partial charge in [0, 0.05) is 16.6 Å². The summed E-state index contributed by atoms with van der Waals surface area (Å²) in [4.78, 5) is 37.3. The quantitative estimate of drug-likeness (QED) is 0.455. The first kappa shape index (κ1) is 20.0. The van der Waals surface area contributed by atoms with Crippen molar-refractivity contribution in [2.45, 2.75) is 0 Å². The molecule has 3 rings (SSSR count). The molecular formula is C22H18N2O4S. The molecule has 0 spiro atoms. The van der Waals surface area contributed by atoms with Crippen molar-refractivity contribution < 1.29 is 19.1 Å². The second-order valence-electron chi connectivity index (χ2n) is 5.87. The molecule has 2 aromatic carbocycles. The zero-order valence-electron chi connectivity index (χ0n) is 15.3. The standard InChI is InChI=1S/C22H18N2O4S/c25-20(15-28-21(26)13-12-17-9-6-14-29-17)24-19-11-5-4-10-18(19)22(27)23-16-7-2-1-3-8-16/h1-14H,15H2,(H,23,27)(H,24,25)/b13-12+. The topological polar surface area (TPSA) is 84.5 Å². The van der Waals surface area contributed by atoms with Gasteiger partial charge in [0.15, 0.2) is 6.61 Å². The van der Waals surface area contributed by atoms with Gasteiger partial charge in [0.1, 0.15) is 0 Å². The van der Waals surface area contributed by atoms with Crippen LogP contribution in [0.4, 0.5) is 11.4 Å². The van der Waals surface area contributed by atoms with Crippen LogP contribution >= 0.6 is 11.3 Å². The predicted molar refractivity (Wildman–Crippen MR) is 114 cm³/mol. The van der Waals surface area contributed by atoms with Gasteiger partial charge < -0.3 is 15.4 Å². The summed E-state index contributed by atoms with van der Waals surface area (Å²) in [6.45, 7) is -0.456. The van der Waals surface area contributed by atoms with Crippen LogP contribution in [0.25, 0.3) is 6.08 Å². The van der Waals surface area contributed by atoms with E-state index in [1.807, 2.05) is 35.7 Å². The monoisotopic (exact) mass is 406 g/mol. The van der Waals surface area contributed by atoms with E-state index in [4.69, 9.17) is 4.74 Å². The highest BCUT2D eigenvalue weighted by atomic mass is 32.1. The zero-order valence-corrected chi connectivity index (χ0v) is 16.1. The first-order chi connectivity index (χ1) is 14.1. The number of nitrogens with one attached hydrogen (secondary N) is 2. The van der Waals surface area contributed by atoms with E-state index in [2.05, 4.69) is 10.6 Å². The molecule has 2 amide bonds. The van der Waals surface area contributed by atoms with Gasteiger partial charge in [0.25, 0.3) is 11.8 Å². The zero-order chi connectivity index (χ0) is 20.5. The van der Waals surface area contributed by atoms with Gasteiger partial charge in [-0.05, 0) is 41.8 Å². The van der Waals surface area contributed by atoms with Crippen LogP contribution < -0.4 is 10.6 Å². The summed E-state index contributed by atoms with van der Waals surface area (Å²) >= 11 is 1.48. The van der Waals surface area contributed by atoms with E-state index in [1.54, 1.807) is 42.5 Å². The first-order valence-corrected chi connectivity index (χ1v) is 9.63. The second-order valence-corrected chi connectivity index (χ2v) is 6.85. The molecule has 1 aromatic heterocycles. The lowest BCUT2D eigenvalue weighted by Gasteiger charge is -2.11. The fourth-order valence-electron chi connectivity index (χ4n) is 2.42. The van der Waals surface area contributed by atoms with Gasteiger partial charge >= 0.3 is 5.97 Å². The number of rotatable bonds is 7. The van der Waals surface area contributed by atoms with Crippen molar-refractivity contribution in [2.24, 2.45) is 0 Å². The maximum atomic E-state index is 12.5. The molecule has 0 aliphatic carbocycles. The van der Waals surface area contributed by atoms with E-state index in [1.165, 1.54) is 17.4 Å². The van der Waals surface area contributed by atoms with Crippen molar-refractivity contribution in [2.75, 3.05) is 17.2 Å². The van der Waals surface area contributed by atoms with Crippen molar-refractivity contribution >= 4 is 46.6 Å². The summed E-state index contributed by atoms with van der Waals surface area (Å²) in [7, 11) is 0.